The van der Waals surface area contributed by atoms with Crippen molar-refractivity contribution in [2.75, 3.05) is 6.61 Å². The second-order valence-electron chi connectivity index (χ2n) is 3.38. The zero-order valence-electron chi connectivity index (χ0n) is 9.62. The summed E-state index contributed by atoms with van der Waals surface area (Å²) in [6.45, 7) is 3.58. The first-order valence-electron chi connectivity index (χ1n) is 5.24. The molecule has 1 aromatic rings. The minimum Gasteiger partial charge on any atom is -0.506 e. The van der Waals surface area contributed by atoms with Crippen LogP contribution in [0.15, 0.2) is 12.1 Å². The maximum atomic E-state index is 11.7. The molecule has 0 aromatic heterocycles. The van der Waals surface area contributed by atoms with Gasteiger partial charge in [-0.3, -0.25) is 4.79 Å². The van der Waals surface area contributed by atoms with E-state index in [0.29, 0.717) is 6.42 Å². The summed E-state index contributed by atoms with van der Waals surface area (Å²) in [6, 6.07) is 3.00. The smallest absolute Gasteiger partial charge is 0.379 e. The Morgan fingerprint density at radius 3 is 2.53 bits per heavy atom. The van der Waals surface area contributed by atoms with Gasteiger partial charge in [-0.05, 0) is 31.0 Å². The SMILES string of the molecule is CCOC(=O)C(=O)c1cc(CC)cc(Cl)c1O. The van der Waals surface area contributed by atoms with E-state index >= 15 is 0 Å². The van der Waals surface area contributed by atoms with Gasteiger partial charge in [-0.2, -0.15) is 0 Å². The van der Waals surface area contributed by atoms with Crippen LogP contribution >= 0.6 is 11.6 Å². The van der Waals surface area contributed by atoms with Crippen LogP contribution in [0.2, 0.25) is 5.02 Å². The number of carbonyl (C=O) groups is 2. The van der Waals surface area contributed by atoms with Crippen LogP contribution in [0.3, 0.4) is 0 Å². The van der Waals surface area contributed by atoms with Gasteiger partial charge < -0.3 is 9.84 Å². The lowest BCUT2D eigenvalue weighted by molar-refractivity contribution is -0.137. The lowest BCUT2D eigenvalue weighted by atomic mass is 10.0. The zero-order valence-corrected chi connectivity index (χ0v) is 10.4. The van der Waals surface area contributed by atoms with E-state index < -0.39 is 11.8 Å². The van der Waals surface area contributed by atoms with Gasteiger partial charge in [0.25, 0.3) is 5.78 Å². The molecule has 1 N–H and O–H groups in total. The van der Waals surface area contributed by atoms with Crippen LogP contribution in [0, 0.1) is 0 Å². The van der Waals surface area contributed by atoms with Crippen molar-refractivity contribution in [1.82, 2.24) is 0 Å². The van der Waals surface area contributed by atoms with Gasteiger partial charge in [0.1, 0.15) is 5.75 Å². The summed E-state index contributed by atoms with van der Waals surface area (Å²) in [5, 5.41) is 9.70. The second-order valence-corrected chi connectivity index (χ2v) is 3.78. The number of phenols is 1. The largest absolute Gasteiger partial charge is 0.506 e. The van der Waals surface area contributed by atoms with Crippen LogP contribution in [0.4, 0.5) is 0 Å². The molecule has 92 valence electrons. The van der Waals surface area contributed by atoms with Crippen molar-refractivity contribution >= 4 is 23.4 Å². The number of aromatic hydroxyl groups is 1. The summed E-state index contributed by atoms with van der Waals surface area (Å²) in [6.07, 6.45) is 0.642. The molecule has 0 amide bonds. The molecule has 0 aliphatic carbocycles. The van der Waals surface area contributed by atoms with Gasteiger partial charge in [0.15, 0.2) is 0 Å². The predicted molar refractivity (Wildman–Crippen MR) is 63.5 cm³/mol. The summed E-state index contributed by atoms with van der Waals surface area (Å²) in [5.74, 6) is -2.27. The number of carbonyl (C=O) groups excluding carboxylic acids is 2. The summed E-state index contributed by atoms with van der Waals surface area (Å²) in [7, 11) is 0. The zero-order chi connectivity index (χ0) is 13.0. The summed E-state index contributed by atoms with van der Waals surface area (Å²) in [4.78, 5) is 23.0. The number of hydrogen-bond acceptors (Lipinski definition) is 4. The Bertz CT molecular complexity index is 454. The molecule has 0 spiro atoms. The monoisotopic (exact) mass is 256 g/mol. The van der Waals surface area contributed by atoms with E-state index in [-0.39, 0.29) is 22.9 Å². The maximum absolute atomic E-state index is 11.7. The van der Waals surface area contributed by atoms with Gasteiger partial charge in [-0.1, -0.05) is 18.5 Å². The number of rotatable bonds is 4. The number of ether oxygens (including phenoxy) is 1. The Balaban J connectivity index is 3.16. The van der Waals surface area contributed by atoms with Gasteiger partial charge >= 0.3 is 5.97 Å². The van der Waals surface area contributed by atoms with Crippen molar-refractivity contribution in [2.24, 2.45) is 0 Å². The third kappa shape index (κ3) is 2.97. The van der Waals surface area contributed by atoms with E-state index in [1.807, 2.05) is 6.92 Å². The summed E-state index contributed by atoms with van der Waals surface area (Å²) < 4.78 is 4.58. The van der Waals surface area contributed by atoms with Gasteiger partial charge in [-0.15, -0.1) is 0 Å². The Morgan fingerprint density at radius 1 is 1.35 bits per heavy atom. The first kappa shape index (κ1) is 13.5. The molecular weight excluding hydrogens is 244 g/mol. The van der Waals surface area contributed by atoms with Crippen LogP contribution in [-0.4, -0.2) is 23.5 Å². The topological polar surface area (TPSA) is 63.6 Å². The molecule has 5 heteroatoms. The van der Waals surface area contributed by atoms with Gasteiger partial charge in [0.05, 0.1) is 17.2 Å². The molecule has 0 aliphatic heterocycles. The molecule has 0 saturated heterocycles. The lowest BCUT2D eigenvalue weighted by Crippen LogP contribution is -2.18. The van der Waals surface area contributed by atoms with Crippen molar-refractivity contribution in [3.63, 3.8) is 0 Å². The number of esters is 1. The molecule has 1 aromatic carbocycles. The highest BCUT2D eigenvalue weighted by molar-refractivity contribution is 6.42. The molecule has 0 fully saturated rings. The van der Waals surface area contributed by atoms with E-state index in [4.69, 9.17) is 11.6 Å². The van der Waals surface area contributed by atoms with Gasteiger partial charge in [-0.25, -0.2) is 4.79 Å². The highest BCUT2D eigenvalue weighted by atomic mass is 35.5. The van der Waals surface area contributed by atoms with E-state index in [1.165, 1.54) is 6.07 Å². The van der Waals surface area contributed by atoms with Gasteiger partial charge in [0, 0.05) is 0 Å². The van der Waals surface area contributed by atoms with Crippen molar-refractivity contribution < 1.29 is 19.4 Å². The minimum atomic E-state index is -0.993. The third-order valence-electron chi connectivity index (χ3n) is 2.24. The van der Waals surface area contributed by atoms with E-state index in [2.05, 4.69) is 4.74 Å². The summed E-state index contributed by atoms with van der Waals surface area (Å²) >= 11 is 5.77. The number of hydrogen-bond donors (Lipinski definition) is 1. The quantitative estimate of drug-likeness (QED) is 0.510. The second kappa shape index (κ2) is 5.68. The fourth-order valence-corrected chi connectivity index (χ4v) is 1.58. The van der Waals surface area contributed by atoms with E-state index in [9.17, 15) is 14.7 Å². The van der Waals surface area contributed by atoms with Gasteiger partial charge in [0.2, 0.25) is 0 Å². The Hall–Kier alpha value is -1.55. The molecule has 0 aliphatic rings. The molecule has 17 heavy (non-hydrogen) atoms. The molecule has 0 atom stereocenters. The Labute approximate surface area is 104 Å². The van der Waals surface area contributed by atoms with Crippen molar-refractivity contribution in [1.29, 1.82) is 0 Å². The van der Waals surface area contributed by atoms with E-state index in [0.717, 1.165) is 5.56 Å². The average Bonchev–Trinajstić information content (AvgIpc) is 2.31. The fraction of sp³-hybridized carbons (Fsp3) is 0.333. The van der Waals surface area contributed by atoms with Crippen LogP contribution in [0.25, 0.3) is 0 Å². The number of ketones is 1. The number of halogens is 1. The Morgan fingerprint density at radius 2 is 2.00 bits per heavy atom. The predicted octanol–water partition coefficient (Wildman–Crippen LogP) is 2.35. The Kier molecular flexibility index (Phi) is 4.52. The maximum Gasteiger partial charge on any atom is 0.379 e. The highest BCUT2D eigenvalue weighted by Gasteiger charge is 2.22. The van der Waals surface area contributed by atoms with Crippen molar-refractivity contribution in [3.8, 4) is 5.75 Å². The van der Waals surface area contributed by atoms with Crippen molar-refractivity contribution in [2.45, 2.75) is 20.3 Å². The first-order chi connectivity index (χ1) is 8.01. The fourth-order valence-electron chi connectivity index (χ4n) is 1.34. The lowest BCUT2D eigenvalue weighted by Gasteiger charge is -2.07. The first-order valence-corrected chi connectivity index (χ1v) is 5.61. The highest BCUT2D eigenvalue weighted by Crippen LogP contribution is 2.29. The van der Waals surface area contributed by atoms with E-state index in [1.54, 1.807) is 13.0 Å². The minimum absolute atomic E-state index is 0.0528. The van der Waals surface area contributed by atoms with Crippen molar-refractivity contribution in [3.05, 3.63) is 28.3 Å². The average molecular weight is 257 g/mol. The molecule has 0 unspecified atom stereocenters. The van der Waals surface area contributed by atoms with Crippen LogP contribution < -0.4 is 0 Å². The molecule has 0 saturated carbocycles. The molecule has 0 bridgehead atoms. The molecular formula is C12H13ClO4. The molecule has 0 radical (unpaired) electrons. The number of Topliss-reactive ketones (excluding diaryl/α,β-unsaturated/α-hetero) is 1. The standard InChI is InChI=1S/C12H13ClO4/c1-3-7-5-8(10(14)9(13)6-7)11(15)12(16)17-4-2/h5-6,14H,3-4H2,1-2H3. The number of benzene rings is 1. The number of aryl methyl sites for hydroxylation is 1. The molecule has 0 heterocycles. The molecule has 4 nitrogen and oxygen atoms in total. The van der Waals surface area contributed by atoms with Crippen LogP contribution in [0.1, 0.15) is 29.8 Å². The van der Waals surface area contributed by atoms with Crippen LogP contribution in [-0.2, 0) is 16.0 Å². The normalized spacial score (nSPS) is 10.1. The third-order valence-corrected chi connectivity index (χ3v) is 2.53. The van der Waals surface area contributed by atoms with Crippen LogP contribution in [0.5, 0.6) is 5.75 Å². The molecule has 1 rings (SSSR count). The number of phenolic OH excluding ortho intramolecular Hbond substituents is 1. The summed E-state index contributed by atoms with van der Waals surface area (Å²) in [5.41, 5.74) is 0.647.